The summed E-state index contributed by atoms with van der Waals surface area (Å²) in [6, 6.07) is 0. The van der Waals surface area contributed by atoms with Crippen molar-refractivity contribution in [2.45, 2.75) is 45.1 Å². The molecule has 0 aromatic rings. The Kier molecular flexibility index (Phi) is 1.17. The van der Waals surface area contributed by atoms with Crippen LogP contribution >= 0.6 is 0 Å². The van der Waals surface area contributed by atoms with E-state index in [0.717, 1.165) is 5.92 Å². The van der Waals surface area contributed by atoms with Gasteiger partial charge in [-0.3, -0.25) is 4.79 Å². The van der Waals surface area contributed by atoms with Gasteiger partial charge in [0.05, 0.1) is 6.42 Å². The van der Waals surface area contributed by atoms with Crippen LogP contribution in [0.5, 0.6) is 0 Å². The standard InChI is InChI=1S/C11H16O2/c1-10-6-9(12)13-11(10,2)8-4-3-7(10)5-8/h7-8H,3-6H2,1-2H3/t7-,8+,10-,11+/m0/s1. The van der Waals surface area contributed by atoms with Gasteiger partial charge in [-0.1, -0.05) is 6.92 Å². The molecule has 0 unspecified atom stereocenters. The Labute approximate surface area is 78.6 Å². The van der Waals surface area contributed by atoms with Gasteiger partial charge in [0, 0.05) is 5.41 Å². The molecule has 3 fully saturated rings. The normalized spacial score (nSPS) is 58.2. The Morgan fingerprint density at radius 2 is 2.00 bits per heavy atom. The fourth-order valence-electron chi connectivity index (χ4n) is 4.02. The summed E-state index contributed by atoms with van der Waals surface area (Å²) in [5, 5.41) is 0. The summed E-state index contributed by atoms with van der Waals surface area (Å²) in [5.74, 6) is 1.42. The van der Waals surface area contributed by atoms with Crippen LogP contribution in [0.25, 0.3) is 0 Å². The van der Waals surface area contributed by atoms with Gasteiger partial charge in [0.2, 0.25) is 0 Å². The van der Waals surface area contributed by atoms with Crippen molar-refractivity contribution in [3.8, 4) is 0 Å². The Hall–Kier alpha value is -0.530. The lowest BCUT2D eigenvalue weighted by atomic mass is 9.65. The van der Waals surface area contributed by atoms with Gasteiger partial charge in [-0.15, -0.1) is 0 Å². The van der Waals surface area contributed by atoms with Crippen LogP contribution in [-0.4, -0.2) is 11.6 Å². The summed E-state index contributed by atoms with van der Waals surface area (Å²) < 4.78 is 5.57. The highest BCUT2D eigenvalue weighted by Gasteiger charge is 2.68. The Bertz CT molecular complexity index is 260. The Morgan fingerprint density at radius 3 is 2.69 bits per heavy atom. The molecular formula is C11H16O2. The summed E-state index contributed by atoms with van der Waals surface area (Å²) in [6.07, 6.45) is 4.53. The van der Waals surface area contributed by atoms with Crippen molar-refractivity contribution in [2.24, 2.45) is 17.3 Å². The van der Waals surface area contributed by atoms with Gasteiger partial charge in [0.15, 0.2) is 0 Å². The first-order valence-corrected chi connectivity index (χ1v) is 5.28. The van der Waals surface area contributed by atoms with Gasteiger partial charge in [0.25, 0.3) is 0 Å². The van der Waals surface area contributed by atoms with E-state index in [1.54, 1.807) is 0 Å². The van der Waals surface area contributed by atoms with E-state index in [1.165, 1.54) is 19.3 Å². The maximum atomic E-state index is 11.4. The molecule has 1 saturated heterocycles. The quantitative estimate of drug-likeness (QED) is 0.534. The Balaban J connectivity index is 2.10. The van der Waals surface area contributed by atoms with Gasteiger partial charge in [-0.2, -0.15) is 0 Å². The van der Waals surface area contributed by atoms with E-state index in [2.05, 4.69) is 13.8 Å². The van der Waals surface area contributed by atoms with Crippen LogP contribution in [0.3, 0.4) is 0 Å². The zero-order valence-electron chi connectivity index (χ0n) is 8.30. The molecule has 0 spiro atoms. The summed E-state index contributed by atoms with van der Waals surface area (Å²) in [7, 11) is 0. The highest BCUT2D eigenvalue weighted by molar-refractivity contribution is 5.74. The van der Waals surface area contributed by atoms with Crippen LogP contribution < -0.4 is 0 Å². The number of hydrogen-bond acceptors (Lipinski definition) is 2. The molecule has 72 valence electrons. The first-order valence-electron chi connectivity index (χ1n) is 5.28. The van der Waals surface area contributed by atoms with E-state index >= 15 is 0 Å². The number of esters is 1. The summed E-state index contributed by atoms with van der Waals surface area (Å²) in [4.78, 5) is 11.4. The SMILES string of the molecule is C[C@@]12CC(=O)O[C@]1(C)[C@@H]1CC[C@H]2C1. The van der Waals surface area contributed by atoms with Crippen molar-refractivity contribution in [3.63, 3.8) is 0 Å². The first-order chi connectivity index (χ1) is 6.06. The molecule has 1 aliphatic heterocycles. The molecule has 2 heteroatoms. The molecule has 2 saturated carbocycles. The average Bonchev–Trinajstić information content (AvgIpc) is 2.59. The van der Waals surface area contributed by atoms with Crippen molar-refractivity contribution in [1.82, 2.24) is 0 Å². The van der Waals surface area contributed by atoms with Crippen LogP contribution in [0.2, 0.25) is 0 Å². The highest BCUT2D eigenvalue weighted by Crippen LogP contribution is 2.67. The molecule has 13 heavy (non-hydrogen) atoms. The third-order valence-electron chi connectivity index (χ3n) is 5.08. The monoisotopic (exact) mass is 180 g/mol. The number of ether oxygens (including phenoxy) is 1. The van der Waals surface area contributed by atoms with Crippen molar-refractivity contribution in [1.29, 1.82) is 0 Å². The topological polar surface area (TPSA) is 26.3 Å². The molecule has 0 aromatic heterocycles. The van der Waals surface area contributed by atoms with Crippen LogP contribution in [0.15, 0.2) is 0 Å². The van der Waals surface area contributed by atoms with Gasteiger partial charge in [0.1, 0.15) is 5.60 Å². The van der Waals surface area contributed by atoms with E-state index in [0.29, 0.717) is 12.3 Å². The minimum Gasteiger partial charge on any atom is -0.458 e. The third-order valence-corrected chi connectivity index (χ3v) is 5.08. The van der Waals surface area contributed by atoms with Crippen LogP contribution in [-0.2, 0) is 9.53 Å². The molecule has 0 radical (unpaired) electrons. The number of carbonyl (C=O) groups is 1. The summed E-state index contributed by atoms with van der Waals surface area (Å²) in [5.41, 5.74) is 0.0417. The fourth-order valence-corrected chi connectivity index (χ4v) is 4.02. The third kappa shape index (κ3) is 0.660. The van der Waals surface area contributed by atoms with Crippen LogP contribution in [0, 0.1) is 17.3 Å². The van der Waals surface area contributed by atoms with Crippen molar-refractivity contribution >= 4 is 5.97 Å². The van der Waals surface area contributed by atoms with Crippen molar-refractivity contribution in [3.05, 3.63) is 0 Å². The van der Waals surface area contributed by atoms with E-state index in [9.17, 15) is 4.79 Å². The number of fused-ring (bicyclic) bond motifs is 5. The molecule has 2 nitrogen and oxygen atoms in total. The van der Waals surface area contributed by atoms with E-state index in [1.807, 2.05) is 0 Å². The molecular weight excluding hydrogens is 164 g/mol. The molecule has 0 amide bonds. The molecule has 4 atom stereocenters. The van der Waals surface area contributed by atoms with E-state index in [-0.39, 0.29) is 17.0 Å². The zero-order valence-corrected chi connectivity index (χ0v) is 8.30. The Morgan fingerprint density at radius 1 is 1.31 bits per heavy atom. The molecule has 2 aliphatic carbocycles. The largest absolute Gasteiger partial charge is 0.458 e. The van der Waals surface area contributed by atoms with Gasteiger partial charge in [-0.25, -0.2) is 0 Å². The summed E-state index contributed by atoms with van der Waals surface area (Å²) >= 11 is 0. The number of carbonyl (C=O) groups excluding carboxylic acids is 1. The van der Waals surface area contributed by atoms with Crippen LogP contribution in [0.4, 0.5) is 0 Å². The second-order valence-corrected chi connectivity index (χ2v) is 5.38. The maximum Gasteiger partial charge on any atom is 0.307 e. The molecule has 2 bridgehead atoms. The maximum absolute atomic E-state index is 11.4. The second kappa shape index (κ2) is 1.94. The summed E-state index contributed by atoms with van der Waals surface area (Å²) in [6.45, 7) is 4.41. The minimum absolute atomic E-state index is 0.0293. The molecule has 0 N–H and O–H groups in total. The van der Waals surface area contributed by atoms with E-state index in [4.69, 9.17) is 4.74 Å². The first kappa shape index (κ1) is 7.84. The van der Waals surface area contributed by atoms with Crippen molar-refractivity contribution in [2.75, 3.05) is 0 Å². The lowest BCUT2D eigenvalue weighted by molar-refractivity contribution is -0.154. The van der Waals surface area contributed by atoms with Gasteiger partial charge < -0.3 is 4.74 Å². The smallest absolute Gasteiger partial charge is 0.307 e. The predicted octanol–water partition coefficient (Wildman–Crippen LogP) is 2.13. The number of hydrogen-bond donors (Lipinski definition) is 0. The molecule has 3 aliphatic rings. The van der Waals surface area contributed by atoms with Gasteiger partial charge >= 0.3 is 5.97 Å². The lowest BCUT2D eigenvalue weighted by Gasteiger charge is -2.41. The predicted molar refractivity (Wildman–Crippen MR) is 48.1 cm³/mol. The fraction of sp³-hybridized carbons (Fsp3) is 0.909. The minimum atomic E-state index is -0.118. The molecule has 0 aromatic carbocycles. The lowest BCUT2D eigenvalue weighted by Crippen LogP contribution is -2.45. The molecule has 3 rings (SSSR count). The second-order valence-electron chi connectivity index (χ2n) is 5.38. The zero-order chi connectivity index (χ0) is 9.27. The highest BCUT2D eigenvalue weighted by atomic mass is 16.6. The van der Waals surface area contributed by atoms with E-state index < -0.39 is 0 Å². The number of rotatable bonds is 0. The molecule has 1 heterocycles. The van der Waals surface area contributed by atoms with Crippen LogP contribution in [0.1, 0.15) is 39.5 Å². The average molecular weight is 180 g/mol. The van der Waals surface area contributed by atoms with Gasteiger partial charge in [-0.05, 0) is 38.0 Å². The van der Waals surface area contributed by atoms with Crippen molar-refractivity contribution < 1.29 is 9.53 Å².